The minimum absolute atomic E-state index is 0.0192. The zero-order chi connectivity index (χ0) is 20.5. The molecule has 1 aliphatic heterocycles. The molecule has 1 aromatic carbocycles. The summed E-state index contributed by atoms with van der Waals surface area (Å²) in [7, 11) is 1.66. The number of anilines is 1. The van der Waals surface area contributed by atoms with Gasteiger partial charge in [0.25, 0.3) is 0 Å². The number of amides is 1. The van der Waals surface area contributed by atoms with Crippen LogP contribution in [0.4, 0.5) is 10.1 Å². The number of nitrogens with zero attached hydrogens (tertiary/aromatic N) is 2. The van der Waals surface area contributed by atoms with Crippen molar-refractivity contribution in [2.24, 2.45) is 4.99 Å². The topological polar surface area (TPSA) is 81.9 Å². The molecule has 8 heteroatoms. The van der Waals surface area contributed by atoms with Crippen LogP contribution in [0, 0.1) is 5.82 Å². The molecule has 1 aromatic heterocycles. The molecule has 2 aromatic rings. The third-order valence-corrected chi connectivity index (χ3v) is 4.91. The molecule has 0 aliphatic carbocycles. The molecular weight excluding hydrogens is 373 g/mol. The molecule has 1 unspecified atom stereocenters. The number of aliphatic imine (C=N–C) groups is 1. The second-order valence-electron chi connectivity index (χ2n) is 6.99. The summed E-state index contributed by atoms with van der Waals surface area (Å²) in [6, 6.07) is 9.79. The van der Waals surface area contributed by atoms with E-state index in [4.69, 9.17) is 4.42 Å². The van der Waals surface area contributed by atoms with Gasteiger partial charge >= 0.3 is 0 Å². The van der Waals surface area contributed by atoms with Crippen LogP contribution in [0.1, 0.15) is 31.1 Å². The first kappa shape index (κ1) is 20.9. The van der Waals surface area contributed by atoms with Crippen LogP contribution in [0.25, 0.3) is 0 Å². The Morgan fingerprint density at radius 3 is 2.72 bits per heavy atom. The monoisotopic (exact) mass is 401 g/mol. The molecule has 29 heavy (non-hydrogen) atoms. The molecular formula is C21H28FN5O2. The Labute approximate surface area is 170 Å². The van der Waals surface area contributed by atoms with Crippen LogP contribution in [0.3, 0.4) is 0 Å². The predicted molar refractivity (Wildman–Crippen MR) is 111 cm³/mol. The lowest BCUT2D eigenvalue weighted by Crippen LogP contribution is -2.46. The van der Waals surface area contributed by atoms with Gasteiger partial charge in [0.05, 0.1) is 18.8 Å². The molecule has 0 spiro atoms. The number of guanidine groups is 1. The highest BCUT2D eigenvalue weighted by atomic mass is 19.1. The van der Waals surface area contributed by atoms with E-state index in [-0.39, 0.29) is 18.5 Å². The van der Waals surface area contributed by atoms with E-state index < -0.39 is 5.82 Å². The van der Waals surface area contributed by atoms with Crippen molar-refractivity contribution in [3.05, 3.63) is 54.2 Å². The van der Waals surface area contributed by atoms with Gasteiger partial charge in [0.1, 0.15) is 11.6 Å². The normalized spacial score (nSPS) is 16.3. The number of hydrogen-bond acceptors (Lipinski definition) is 4. The number of hydrogen-bond donors (Lipinski definition) is 3. The number of rotatable bonds is 7. The molecule has 156 valence electrons. The average Bonchev–Trinajstić information content (AvgIpc) is 3.26. The van der Waals surface area contributed by atoms with E-state index in [9.17, 15) is 9.18 Å². The molecule has 7 nitrogen and oxygen atoms in total. The minimum atomic E-state index is -0.394. The lowest BCUT2D eigenvalue weighted by molar-refractivity contribution is -0.115. The zero-order valence-corrected chi connectivity index (χ0v) is 16.7. The molecule has 1 amide bonds. The first-order valence-electron chi connectivity index (χ1n) is 9.93. The van der Waals surface area contributed by atoms with Gasteiger partial charge < -0.3 is 20.4 Å². The maximum absolute atomic E-state index is 13.2. The Bertz CT molecular complexity index is 803. The maximum Gasteiger partial charge on any atom is 0.243 e. The lowest BCUT2D eigenvalue weighted by atomic mass is 10.1. The van der Waals surface area contributed by atoms with E-state index in [1.54, 1.807) is 25.4 Å². The minimum Gasteiger partial charge on any atom is -0.468 e. The Morgan fingerprint density at radius 2 is 2.03 bits per heavy atom. The van der Waals surface area contributed by atoms with Gasteiger partial charge in [-0.25, -0.2) is 4.39 Å². The highest BCUT2D eigenvalue weighted by Crippen LogP contribution is 2.24. The SMILES string of the molecule is CN=C(NCC(=O)Nc1cccc(F)c1)NCC(c1ccco1)N1CCCCC1. The van der Waals surface area contributed by atoms with Crippen LogP contribution in [-0.4, -0.2) is 50.0 Å². The standard InChI is InChI=1S/C21H28FN5O2/c1-23-21(25-15-20(28)26-17-8-5-7-16(22)13-17)24-14-18(19-9-6-12-29-19)27-10-3-2-4-11-27/h5-9,12-13,18H,2-4,10-11,14-15H2,1H3,(H,26,28)(H2,23,24,25). The molecule has 1 saturated heterocycles. The number of halogens is 1. The van der Waals surface area contributed by atoms with Crippen LogP contribution in [0.2, 0.25) is 0 Å². The Hall–Kier alpha value is -2.87. The van der Waals surface area contributed by atoms with Crippen LogP contribution in [-0.2, 0) is 4.79 Å². The van der Waals surface area contributed by atoms with Crippen molar-refractivity contribution in [2.45, 2.75) is 25.3 Å². The number of furan rings is 1. The summed E-state index contributed by atoms with van der Waals surface area (Å²) >= 11 is 0. The van der Waals surface area contributed by atoms with Crippen molar-refractivity contribution >= 4 is 17.6 Å². The Kier molecular flexibility index (Phi) is 7.63. The van der Waals surface area contributed by atoms with Gasteiger partial charge in [-0.2, -0.15) is 0 Å². The van der Waals surface area contributed by atoms with Crippen molar-refractivity contribution in [3.8, 4) is 0 Å². The van der Waals surface area contributed by atoms with Crippen molar-refractivity contribution in [3.63, 3.8) is 0 Å². The van der Waals surface area contributed by atoms with Crippen LogP contribution >= 0.6 is 0 Å². The fourth-order valence-corrected chi connectivity index (χ4v) is 3.47. The largest absolute Gasteiger partial charge is 0.468 e. The highest BCUT2D eigenvalue weighted by Gasteiger charge is 2.24. The van der Waals surface area contributed by atoms with Gasteiger partial charge in [0.15, 0.2) is 5.96 Å². The van der Waals surface area contributed by atoms with Crippen LogP contribution in [0.5, 0.6) is 0 Å². The number of likely N-dealkylation sites (tertiary alicyclic amines) is 1. The van der Waals surface area contributed by atoms with Gasteiger partial charge in [-0.3, -0.25) is 14.7 Å². The van der Waals surface area contributed by atoms with Gasteiger partial charge in [-0.1, -0.05) is 12.5 Å². The van der Waals surface area contributed by atoms with Crippen molar-refractivity contribution in [2.75, 3.05) is 38.5 Å². The third kappa shape index (κ3) is 6.32. The van der Waals surface area contributed by atoms with Crippen LogP contribution in [0.15, 0.2) is 52.1 Å². The van der Waals surface area contributed by atoms with E-state index >= 15 is 0 Å². The highest BCUT2D eigenvalue weighted by molar-refractivity contribution is 5.94. The molecule has 0 bridgehead atoms. The van der Waals surface area contributed by atoms with E-state index in [2.05, 4.69) is 25.8 Å². The number of piperidine rings is 1. The fourth-order valence-electron chi connectivity index (χ4n) is 3.47. The predicted octanol–water partition coefficient (Wildman–Crippen LogP) is 2.75. The zero-order valence-electron chi connectivity index (χ0n) is 16.7. The molecule has 3 N–H and O–H groups in total. The molecule has 0 saturated carbocycles. The third-order valence-electron chi connectivity index (χ3n) is 4.91. The lowest BCUT2D eigenvalue weighted by Gasteiger charge is -2.33. The summed E-state index contributed by atoms with van der Waals surface area (Å²) in [6.45, 7) is 2.70. The Balaban J connectivity index is 1.51. The average molecular weight is 401 g/mol. The fraction of sp³-hybridized carbons (Fsp3) is 0.429. The number of carbonyl (C=O) groups is 1. The summed E-state index contributed by atoms with van der Waals surface area (Å²) in [4.78, 5) is 18.7. The van der Waals surface area contributed by atoms with E-state index in [1.165, 1.54) is 31.4 Å². The molecule has 1 fully saturated rings. The summed E-state index contributed by atoms with van der Waals surface area (Å²) < 4.78 is 18.9. The Morgan fingerprint density at radius 1 is 1.21 bits per heavy atom. The molecule has 0 radical (unpaired) electrons. The maximum atomic E-state index is 13.2. The van der Waals surface area contributed by atoms with Gasteiger partial charge in [0.2, 0.25) is 5.91 Å². The number of carbonyl (C=O) groups excluding carboxylic acids is 1. The quantitative estimate of drug-likeness (QED) is 0.491. The van der Waals surface area contributed by atoms with E-state index in [0.717, 1.165) is 18.8 Å². The van der Waals surface area contributed by atoms with E-state index in [0.29, 0.717) is 18.2 Å². The van der Waals surface area contributed by atoms with Crippen molar-refractivity contribution in [1.82, 2.24) is 15.5 Å². The number of nitrogens with one attached hydrogen (secondary N) is 3. The first-order chi connectivity index (χ1) is 14.2. The number of benzene rings is 1. The van der Waals surface area contributed by atoms with Gasteiger partial charge in [-0.15, -0.1) is 0 Å². The molecule has 2 heterocycles. The van der Waals surface area contributed by atoms with Crippen LogP contribution < -0.4 is 16.0 Å². The molecule has 1 atom stereocenters. The summed E-state index contributed by atoms with van der Waals surface area (Å²) in [6.07, 6.45) is 5.32. The molecule has 1 aliphatic rings. The summed E-state index contributed by atoms with van der Waals surface area (Å²) in [5.74, 6) is 0.763. The van der Waals surface area contributed by atoms with Gasteiger partial charge in [-0.05, 0) is 56.3 Å². The van der Waals surface area contributed by atoms with Gasteiger partial charge in [0, 0.05) is 19.3 Å². The van der Waals surface area contributed by atoms with Crippen molar-refractivity contribution in [1.29, 1.82) is 0 Å². The first-order valence-corrected chi connectivity index (χ1v) is 9.93. The summed E-state index contributed by atoms with van der Waals surface area (Å²) in [5, 5.41) is 8.93. The van der Waals surface area contributed by atoms with E-state index in [1.807, 2.05) is 12.1 Å². The smallest absolute Gasteiger partial charge is 0.243 e. The second-order valence-corrected chi connectivity index (χ2v) is 6.99. The second kappa shape index (κ2) is 10.6. The van der Waals surface area contributed by atoms with Crippen molar-refractivity contribution < 1.29 is 13.6 Å². The molecule has 3 rings (SSSR count). The summed E-state index contributed by atoms with van der Waals surface area (Å²) in [5.41, 5.74) is 0.419.